The van der Waals surface area contributed by atoms with Crippen LogP contribution in [-0.2, 0) is 13.6 Å². The summed E-state index contributed by atoms with van der Waals surface area (Å²) in [5, 5.41) is 0. The Hall–Kier alpha value is -0.190. The zero-order valence-electron chi connectivity index (χ0n) is 21.3. The van der Waals surface area contributed by atoms with Crippen LogP contribution in [0.25, 0.3) is 0 Å². The van der Waals surface area contributed by atoms with E-state index >= 15 is 0 Å². The van der Waals surface area contributed by atoms with Crippen LogP contribution >= 0.6 is 7.82 Å². The molecule has 0 radical (unpaired) electrons. The lowest BCUT2D eigenvalue weighted by Gasteiger charge is -2.37. The average molecular weight is 475 g/mol. The fraction of sp³-hybridized carbons (Fsp3) is 0.923. The quantitative estimate of drug-likeness (QED) is 0.0798. The Kier molecular flexibility index (Phi) is 17.9. The van der Waals surface area contributed by atoms with Gasteiger partial charge >= 0.3 is 7.82 Å². The molecule has 1 atom stereocenters. The van der Waals surface area contributed by atoms with Crippen molar-refractivity contribution in [2.45, 2.75) is 116 Å². The number of rotatable bonds is 21. The maximum absolute atomic E-state index is 12.0. The molecular weight excluding hydrogens is 421 g/mol. The molecule has 0 bridgehead atoms. The van der Waals surface area contributed by atoms with Crippen molar-refractivity contribution in [2.75, 3.05) is 39.9 Å². The molecule has 0 amide bonds. The van der Waals surface area contributed by atoms with E-state index in [1.54, 1.807) is 0 Å². The van der Waals surface area contributed by atoms with Crippen LogP contribution in [0, 0.1) is 0 Å². The fourth-order valence-corrected chi connectivity index (χ4v) is 5.19. The molecule has 0 aliphatic carbocycles. The number of likely N-dealkylation sites (N-methyl/N-ethyl adjacent to an activating group) is 1. The van der Waals surface area contributed by atoms with E-state index in [4.69, 9.17) is 9.05 Å². The predicted octanol–water partition coefficient (Wildman–Crippen LogP) is 7.79. The van der Waals surface area contributed by atoms with Crippen LogP contribution in [-0.4, -0.2) is 49.3 Å². The second-order valence-electron chi connectivity index (χ2n) is 9.92. The van der Waals surface area contributed by atoms with E-state index in [0.717, 1.165) is 43.4 Å². The molecule has 0 aromatic heterocycles. The van der Waals surface area contributed by atoms with E-state index in [-0.39, 0.29) is 6.61 Å². The molecule has 0 aromatic carbocycles. The summed E-state index contributed by atoms with van der Waals surface area (Å²) in [6, 6.07) is 0. The predicted molar refractivity (Wildman–Crippen MR) is 136 cm³/mol. The van der Waals surface area contributed by atoms with Crippen molar-refractivity contribution in [3.8, 4) is 0 Å². The van der Waals surface area contributed by atoms with Gasteiger partial charge in [-0.05, 0) is 51.4 Å². The lowest BCUT2D eigenvalue weighted by Crippen LogP contribution is -2.49. The number of phosphoric acid groups is 1. The third-order valence-electron chi connectivity index (χ3n) is 6.69. The first-order valence-corrected chi connectivity index (χ1v) is 15.1. The van der Waals surface area contributed by atoms with E-state index < -0.39 is 7.82 Å². The van der Waals surface area contributed by atoms with Crippen LogP contribution in [0.3, 0.4) is 0 Å². The van der Waals surface area contributed by atoms with E-state index in [1.807, 2.05) is 0 Å². The molecule has 6 heteroatoms. The van der Waals surface area contributed by atoms with Gasteiger partial charge in [-0.3, -0.25) is 9.05 Å². The first kappa shape index (κ1) is 29.8. The molecule has 1 aliphatic rings. The van der Waals surface area contributed by atoms with Crippen LogP contribution in [0.4, 0.5) is 0 Å². The van der Waals surface area contributed by atoms with Gasteiger partial charge in [0, 0.05) is 0 Å². The number of unbranched alkanes of at least 4 members (excludes halogenated alkanes) is 12. The van der Waals surface area contributed by atoms with Gasteiger partial charge < -0.3 is 9.38 Å². The van der Waals surface area contributed by atoms with Crippen molar-refractivity contribution in [1.82, 2.24) is 0 Å². The first-order chi connectivity index (χ1) is 15.5. The highest BCUT2D eigenvalue weighted by atomic mass is 31.2. The number of likely N-dealkylation sites (tertiary alicyclic amines) is 1. The third kappa shape index (κ3) is 17.3. The molecule has 32 heavy (non-hydrogen) atoms. The Bertz CT molecular complexity index is 506. The first-order valence-electron chi connectivity index (χ1n) is 13.6. The summed E-state index contributed by atoms with van der Waals surface area (Å²) < 4.78 is 23.3. The maximum atomic E-state index is 12.0. The standard InChI is InChI=1S/C26H52NO4P/c1-3-4-5-6-7-8-9-10-11-12-13-14-15-16-17-21-25-30-32(28,29)31-26-24-27(2)22-19-18-20-23-27/h10-11H,3-9,12-26H2,1-2H3/p+1/b11-10-. The normalized spacial score (nSPS) is 18.2. The zero-order valence-corrected chi connectivity index (χ0v) is 22.2. The van der Waals surface area contributed by atoms with Gasteiger partial charge in [-0.2, -0.15) is 0 Å². The molecule has 1 saturated heterocycles. The largest absolute Gasteiger partial charge is 0.472 e. The lowest BCUT2D eigenvalue weighted by molar-refractivity contribution is -0.914. The van der Waals surface area contributed by atoms with Crippen molar-refractivity contribution in [3.63, 3.8) is 0 Å². The summed E-state index contributed by atoms with van der Waals surface area (Å²) in [5.74, 6) is 0. The Morgan fingerprint density at radius 3 is 1.84 bits per heavy atom. The molecule has 1 heterocycles. The molecule has 0 aromatic rings. The minimum atomic E-state index is -3.90. The molecule has 1 aliphatic heterocycles. The minimum absolute atomic E-state index is 0.289. The summed E-state index contributed by atoms with van der Waals surface area (Å²) in [7, 11) is -1.69. The van der Waals surface area contributed by atoms with Crippen LogP contribution in [0.5, 0.6) is 0 Å². The highest BCUT2D eigenvalue weighted by Crippen LogP contribution is 2.43. The van der Waals surface area contributed by atoms with E-state index in [9.17, 15) is 9.46 Å². The van der Waals surface area contributed by atoms with Crippen molar-refractivity contribution < 1.29 is 23.0 Å². The maximum Gasteiger partial charge on any atom is 0.472 e. The summed E-state index contributed by atoms with van der Waals surface area (Å²) in [5.41, 5.74) is 0. The van der Waals surface area contributed by atoms with Crippen molar-refractivity contribution in [2.24, 2.45) is 0 Å². The van der Waals surface area contributed by atoms with Crippen LogP contribution in [0.1, 0.15) is 116 Å². The van der Waals surface area contributed by atoms with Gasteiger partial charge in [0.05, 0.1) is 26.7 Å². The molecule has 5 nitrogen and oxygen atoms in total. The number of allylic oxidation sites excluding steroid dienone is 2. The number of piperidine rings is 1. The van der Waals surface area contributed by atoms with Crippen molar-refractivity contribution in [1.29, 1.82) is 0 Å². The third-order valence-corrected chi connectivity index (χ3v) is 7.71. The lowest BCUT2D eigenvalue weighted by atomic mass is 10.1. The Morgan fingerprint density at radius 2 is 1.25 bits per heavy atom. The molecule has 1 N–H and O–H groups in total. The average Bonchev–Trinajstić information content (AvgIpc) is 2.76. The van der Waals surface area contributed by atoms with E-state index in [2.05, 4.69) is 26.1 Å². The second kappa shape index (κ2) is 19.2. The van der Waals surface area contributed by atoms with Crippen molar-refractivity contribution in [3.05, 3.63) is 12.2 Å². The van der Waals surface area contributed by atoms with Crippen LogP contribution in [0.2, 0.25) is 0 Å². The van der Waals surface area contributed by atoms with Crippen molar-refractivity contribution >= 4 is 7.82 Å². The molecular formula is C26H53NO4P+. The molecule has 190 valence electrons. The number of phosphoric ester groups is 1. The summed E-state index contributed by atoms with van der Waals surface area (Å²) in [4.78, 5) is 9.85. The Labute approximate surface area is 199 Å². The van der Waals surface area contributed by atoms with Gasteiger partial charge in [0.15, 0.2) is 0 Å². The highest BCUT2D eigenvalue weighted by molar-refractivity contribution is 7.47. The van der Waals surface area contributed by atoms with Gasteiger partial charge in [-0.25, -0.2) is 4.57 Å². The number of hydrogen-bond acceptors (Lipinski definition) is 3. The van der Waals surface area contributed by atoms with Gasteiger partial charge in [0.2, 0.25) is 0 Å². The monoisotopic (exact) mass is 474 g/mol. The van der Waals surface area contributed by atoms with Crippen LogP contribution in [0.15, 0.2) is 12.2 Å². The molecule has 1 unspecified atom stereocenters. The zero-order chi connectivity index (χ0) is 23.4. The molecule has 0 saturated carbocycles. The van der Waals surface area contributed by atoms with Gasteiger partial charge in [-0.15, -0.1) is 0 Å². The fourth-order valence-electron chi connectivity index (χ4n) is 4.44. The van der Waals surface area contributed by atoms with Gasteiger partial charge in [-0.1, -0.05) is 76.9 Å². The molecule has 0 spiro atoms. The second-order valence-corrected chi connectivity index (χ2v) is 11.4. The number of quaternary nitrogens is 1. The minimum Gasteiger partial charge on any atom is -0.324 e. The molecule has 1 fully saturated rings. The van der Waals surface area contributed by atoms with Crippen LogP contribution < -0.4 is 0 Å². The smallest absolute Gasteiger partial charge is 0.324 e. The summed E-state index contributed by atoms with van der Waals surface area (Å²) >= 11 is 0. The Morgan fingerprint density at radius 1 is 0.750 bits per heavy atom. The topological polar surface area (TPSA) is 55.8 Å². The van der Waals surface area contributed by atoms with E-state index in [1.165, 1.54) is 89.9 Å². The van der Waals surface area contributed by atoms with Gasteiger partial charge in [0.25, 0.3) is 0 Å². The SMILES string of the molecule is CCCCCCCC/C=C\CCCCCCCCOP(=O)(O)OCC[N+]1(C)CCCCC1. The number of hydrogen-bond donors (Lipinski definition) is 1. The summed E-state index contributed by atoms with van der Waals surface area (Å²) in [6.45, 7) is 5.91. The molecule has 1 rings (SSSR count). The highest BCUT2D eigenvalue weighted by Gasteiger charge is 2.27. The van der Waals surface area contributed by atoms with E-state index in [0.29, 0.717) is 6.61 Å². The number of nitrogens with zero attached hydrogens (tertiary/aromatic N) is 1. The Balaban J connectivity index is 1.86. The summed E-state index contributed by atoms with van der Waals surface area (Å²) in [6.07, 6.45) is 25.9. The van der Waals surface area contributed by atoms with Gasteiger partial charge in [0.1, 0.15) is 13.2 Å².